The van der Waals surface area contributed by atoms with Crippen molar-refractivity contribution >= 4 is 27.9 Å². The van der Waals surface area contributed by atoms with Gasteiger partial charge in [0.15, 0.2) is 0 Å². The lowest BCUT2D eigenvalue weighted by molar-refractivity contribution is -0.124. The van der Waals surface area contributed by atoms with Gasteiger partial charge < -0.3 is 4.42 Å². The molecule has 1 heterocycles. The molecule has 4 nitrogen and oxygen atoms in total. The van der Waals surface area contributed by atoms with Gasteiger partial charge >= 0.3 is 0 Å². The number of carbonyl (C=O) groups excluding carboxylic acids is 1. The monoisotopic (exact) mass is 335 g/mol. The lowest BCUT2D eigenvalue weighted by Gasteiger charge is -2.08. The first-order chi connectivity index (χ1) is 9.52. The highest BCUT2D eigenvalue weighted by molar-refractivity contribution is 9.10. The third kappa shape index (κ3) is 3.00. The molecule has 0 saturated carbocycles. The summed E-state index contributed by atoms with van der Waals surface area (Å²) < 4.78 is 6.74. The molecule has 104 valence electrons. The fraction of sp³-hybridized carbons (Fsp3) is 0.133. The second-order valence-electron chi connectivity index (χ2n) is 4.36. The van der Waals surface area contributed by atoms with Crippen LogP contribution in [0.4, 0.5) is 0 Å². The molecule has 0 fully saturated rings. The molecule has 2 rings (SSSR count). The van der Waals surface area contributed by atoms with E-state index in [-0.39, 0.29) is 0 Å². The Morgan fingerprint density at radius 1 is 1.25 bits per heavy atom. The maximum atomic E-state index is 10.9. The minimum Gasteiger partial charge on any atom is -0.457 e. The second kappa shape index (κ2) is 6.07. The topological polar surface area (TPSA) is 62.5 Å². The zero-order valence-corrected chi connectivity index (χ0v) is 12.7. The average Bonchev–Trinajstić information content (AvgIpc) is 2.91. The molecular formula is C15H14BrNO3. The fourth-order valence-corrected chi connectivity index (χ4v) is 2.27. The van der Waals surface area contributed by atoms with Crippen LogP contribution in [0.3, 0.4) is 0 Å². The number of hydrogen-bond donors (Lipinski definition) is 2. The Hall–Kier alpha value is -1.85. The van der Waals surface area contributed by atoms with Crippen LogP contribution >= 0.6 is 15.9 Å². The zero-order valence-electron chi connectivity index (χ0n) is 11.1. The van der Waals surface area contributed by atoms with Crippen molar-refractivity contribution in [3.8, 4) is 11.3 Å². The number of furan rings is 1. The Labute approximate surface area is 125 Å². The molecular weight excluding hydrogens is 322 g/mol. The van der Waals surface area contributed by atoms with Crippen LogP contribution < -0.4 is 5.48 Å². The lowest BCUT2D eigenvalue weighted by Crippen LogP contribution is -2.14. The van der Waals surface area contributed by atoms with E-state index in [0.29, 0.717) is 5.76 Å². The molecule has 0 radical (unpaired) electrons. The van der Waals surface area contributed by atoms with Gasteiger partial charge in [-0.05, 0) is 55.3 Å². The Bertz CT molecular complexity index is 674. The lowest BCUT2D eigenvalue weighted by atomic mass is 10.0. The summed E-state index contributed by atoms with van der Waals surface area (Å²) in [7, 11) is 0. The minimum atomic E-state index is -0.599. The molecule has 0 spiro atoms. The van der Waals surface area contributed by atoms with Crippen molar-refractivity contribution in [3.05, 3.63) is 51.7 Å². The van der Waals surface area contributed by atoms with Crippen LogP contribution in [0.2, 0.25) is 0 Å². The molecule has 0 bridgehead atoms. The number of hydrogen-bond acceptors (Lipinski definition) is 3. The normalized spacial score (nSPS) is 11.0. The smallest absolute Gasteiger partial charge is 0.267 e. The van der Waals surface area contributed by atoms with E-state index in [0.717, 1.165) is 26.9 Å². The first-order valence-electron chi connectivity index (χ1n) is 6.01. The first kappa shape index (κ1) is 14.6. The van der Waals surface area contributed by atoms with E-state index in [1.165, 1.54) is 17.6 Å². The summed E-state index contributed by atoms with van der Waals surface area (Å²) in [5.74, 6) is 0.685. The molecule has 1 aromatic heterocycles. The van der Waals surface area contributed by atoms with Crippen LogP contribution in [0.25, 0.3) is 17.4 Å². The number of benzene rings is 1. The van der Waals surface area contributed by atoms with Gasteiger partial charge in [-0.25, -0.2) is 5.48 Å². The standard InChI is InChI=1S/C15H14BrNO3/c1-9-10(2)13(16)6-5-12(9)14-7-3-11(20-14)4-8-15(18)17-19/h3-8,19H,1-2H3,(H,17,18)/b8-4+. The minimum absolute atomic E-state index is 0.545. The molecule has 5 heteroatoms. The van der Waals surface area contributed by atoms with Crippen molar-refractivity contribution in [2.45, 2.75) is 13.8 Å². The molecule has 20 heavy (non-hydrogen) atoms. The van der Waals surface area contributed by atoms with Gasteiger partial charge in [-0.1, -0.05) is 15.9 Å². The summed E-state index contributed by atoms with van der Waals surface area (Å²) in [6, 6.07) is 7.59. The van der Waals surface area contributed by atoms with Gasteiger partial charge in [-0.15, -0.1) is 0 Å². The van der Waals surface area contributed by atoms with E-state index >= 15 is 0 Å². The van der Waals surface area contributed by atoms with Crippen molar-refractivity contribution in [1.82, 2.24) is 5.48 Å². The van der Waals surface area contributed by atoms with E-state index < -0.39 is 5.91 Å². The molecule has 1 aromatic carbocycles. The third-order valence-electron chi connectivity index (χ3n) is 3.12. The van der Waals surface area contributed by atoms with Crippen LogP contribution in [-0.2, 0) is 4.79 Å². The Morgan fingerprint density at radius 3 is 2.70 bits per heavy atom. The van der Waals surface area contributed by atoms with Gasteiger partial charge in [0, 0.05) is 16.1 Å². The SMILES string of the molecule is Cc1c(Br)ccc(-c2ccc(/C=C/C(=O)NO)o2)c1C. The number of nitrogens with one attached hydrogen (secondary N) is 1. The van der Waals surface area contributed by atoms with E-state index in [1.807, 2.05) is 32.0 Å². The van der Waals surface area contributed by atoms with Crippen molar-refractivity contribution in [2.24, 2.45) is 0 Å². The van der Waals surface area contributed by atoms with Crippen molar-refractivity contribution in [2.75, 3.05) is 0 Å². The molecule has 0 saturated heterocycles. The van der Waals surface area contributed by atoms with Gasteiger partial charge in [-0.2, -0.15) is 0 Å². The highest BCUT2D eigenvalue weighted by Gasteiger charge is 2.10. The third-order valence-corrected chi connectivity index (χ3v) is 3.98. The Balaban J connectivity index is 2.32. The van der Waals surface area contributed by atoms with Gasteiger partial charge in [-0.3, -0.25) is 10.0 Å². The average molecular weight is 336 g/mol. The summed E-state index contributed by atoms with van der Waals surface area (Å²) in [5, 5.41) is 8.40. The van der Waals surface area contributed by atoms with Crippen molar-refractivity contribution in [1.29, 1.82) is 0 Å². The van der Waals surface area contributed by atoms with Crippen LogP contribution in [-0.4, -0.2) is 11.1 Å². The van der Waals surface area contributed by atoms with Crippen LogP contribution in [0, 0.1) is 13.8 Å². The van der Waals surface area contributed by atoms with Crippen molar-refractivity contribution < 1.29 is 14.4 Å². The van der Waals surface area contributed by atoms with Gasteiger partial charge in [0.2, 0.25) is 0 Å². The molecule has 1 amide bonds. The number of carbonyl (C=O) groups is 1. The number of hydroxylamine groups is 1. The van der Waals surface area contributed by atoms with Gasteiger partial charge in [0.05, 0.1) is 0 Å². The second-order valence-corrected chi connectivity index (χ2v) is 5.21. The van der Waals surface area contributed by atoms with E-state index in [9.17, 15) is 4.79 Å². The van der Waals surface area contributed by atoms with Crippen LogP contribution in [0.1, 0.15) is 16.9 Å². The molecule has 2 N–H and O–H groups in total. The molecule has 0 aliphatic rings. The highest BCUT2D eigenvalue weighted by atomic mass is 79.9. The molecule has 0 unspecified atom stereocenters. The largest absolute Gasteiger partial charge is 0.457 e. The predicted octanol–water partition coefficient (Wildman–Crippen LogP) is 3.84. The summed E-state index contributed by atoms with van der Waals surface area (Å²) in [4.78, 5) is 10.9. The number of rotatable bonds is 3. The van der Waals surface area contributed by atoms with Gasteiger partial charge in [0.25, 0.3) is 5.91 Å². The summed E-state index contributed by atoms with van der Waals surface area (Å²) >= 11 is 3.50. The molecule has 0 aliphatic carbocycles. The van der Waals surface area contributed by atoms with Crippen molar-refractivity contribution in [3.63, 3.8) is 0 Å². The summed E-state index contributed by atoms with van der Waals surface area (Å²) in [5.41, 5.74) is 4.83. The summed E-state index contributed by atoms with van der Waals surface area (Å²) in [6.07, 6.45) is 2.69. The fourth-order valence-electron chi connectivity index (χ4n) is 1.84. The maximum Gasteiger partial charge on any atom is 0.267 e. The van der Waals surface area contributed by atoms with E-state index in [4.69, 9.17) is 9.62 Å². The highest BCUT2D eigenvalue weighted by Crippen LogP contribution is 2.31. The number of amides is 1. The molecule has 2 aromatic rings. The Kier molecular flexibility index (Phi) is 4.42. The quantitative estimate of drug-likeness (QED) is 0.508. The molecule has 0 atom stereocenters. The van der Waals surface area contributed by atoms with E-state index in [1.54, 1.807) is 6.07 Å². The number of halogens is 1. The molecule has 0 aliphatic heterocycles. The predicted molar refractivity (Wildman–Crippen MR) is 80.3 cm³/mol. The van der Waals surface area contributed by atoms with Crippen LogP contribution in [0.15, 0.2) is 39.2 Å². The van der Waals surface area contributed by atoms with Crippen LogP contribution in [0.5, 0.6) is 0 Å². The Morgan fingerprint density at radius 2 is 2.00 bits per heavy atom. The van der Waals surface area contributed by atoms with E-state index in [2.05, 4.69) is 15.9 Å². The van der Waals surface area contributed by atoms with Gasteiger partial charge in [0.1, 0.15) is 11.5 Å². The zero-order chi connectivity index (χ0) is 14.7. The maximum absolute atomic E-state index is 10.9. The first-order valence-corrected chi connectivity index (χ1v) is 6.80. The summed E-state index contributed by atoms with van der Waals surface area (Å²) in [6.45, 7) is 4.07.